The van der Waals surface area contributed by atoms with Gasteiger partial charge in [0.2, 0.25) is 0 Å². The molecule has 2 aromatic rings. The summed E-state index contributed by atoms with van der Waals surface area (Å²) in [5, 5.41) is 5.76. The number of aryl methyl sites for hydroxylation is 1. The van der Waals surface area contributed by atoms with E-state index in [-0.39, 0.29) is 0 Å². The van der Waals surface area contributed by atoms with Gasteiger partial charge in [-0.25, -0.2) is 4.98 Å². The maximum atomic E-state index is 4.36. The first-order valence-electron chi connectivity index (χ1n) is 5.46. The molecule has 1 aromatic carbocycles. The molecule has 0 amide bonds. The Bertz CT molecular complexity index is 463. The average molecular weight is 200 g/mol. The second-order valence-corrected chi connectivity index (χ2v) is 3.60. The van der Waals surface area contributed by atoms with Gasteiger partial charge in [-0.05, 0) is 36.4 Å². The molecule has 0 radical (unpaired) electrons. The quantitative estimate of drug-likeness (QED) is 0.822. The first kappa shape index (κ1) is 9.97. The van der Waals surface area contributed by atoms with Gasteiger partial charge in [0, 0.05) is 18.1 Å². The summed E-state index contributed by atoms with van der Waals surface area (Å²) in [5.41, 5.74) is 1.36. The van der Waals surface area contributed by atoms with Gasteiger partial charge >= 0.3 is 0 Å². The normalized spacial score (nSPS) is 10.5. The van der Waals surface area contributed by atoms with Crippen LogP contribution in [-0.4, -0.2) is 11.5 Å². The standard InChI is InChI=1S/C13H16N2/c1-3-10-5-6-11-7-8-15-13(14-4-2)12(11)9-10/h5-9H,3-4H2,1-2H3,(H,14,15). The Morgan fingerprint density at radius 1 is 1.20 bits per heavy atom. The lowest BCUT2D eigenvalue weighted by atomic mass is 10.1. The second kappa shape index (κ2) is 4.30. The lowest BCUT2D eigenvalue weighted by Gasteiger charge is -2.07. The van der Waals surface area contributed by atoms with Crippen LogP contribution in [0.5, 0.6) is 0 Å². The number of anilines is 1. The van der Waals surface area contributed by atoms with Crippen molar-refractivity contribution in [2.75, 3.05) is 11.9 Å². The molecule has 0 saturated heterocycles. The molecule has 0 saturated carbocycles. The van der Waals surface area contributed by atoms with E-state index >= 15 is 0 Å². The molecule has 2 rings (SSSR count). The van der Waals surface area contributed by atoms with Gasteiger partial charge in [-0.1, -0.05) is 19.1 Å². The van der Waals surface area contributed by atoms with E-state index in [0.29, 0.717) is 0 Å². The first-order valence-corrected chi connectivity index (χ1v) is 5.46. The summed E-state index contributed by atoms with van der Waals surface area (Å²) in [5.74, 6) is 0.991. The molecule has 0 aliphatic rings. The van der Waals surface area contributed by atoms with Gasteiger partial charge in [-0.2, -0.15) is 0 Å². The molecule has 1 aromatic heterocycles. The van der Waals surface area contributed by atoms with Gasteiger partial charge in [0.1, 0.15) is 5.82 Å². The third-order valence-corrected chi connectivity index (χ3v) is 2.58. The van der Waals surface area contributed by atoms with Crippen LogP contribution in [0.1, 0.15) is 19.4 Å². The molecule has 0 atom stereocenters. The van der Waals surface area contributed by atoms with Crippen molar-refractivity contribution in [3.05, 3.63) is 36.0 Å². The van der Waals surface area contributed by atoms with Crippen molar-refractivity contribution >= 4 is 16.6 Å². The Balaban J connectivity index is 2.59. The van der Waals surface area contributed by atoms with E-state index in [1.54, 1.807) is 0 Å². The van der Waals surface area contributed by atoms with Crippen molar-refractivity contribution in [3.8, 4) is 0 Å². The largest absolute Gasteiger partial charge is 0.370 e. The Morgan fingerprint density at radius 2 is 2.07 bits per heavy atom. The van der Waals surface area contributed by atoms with Gasteiger partial charge in [-0.3, -0.25) is 0 Å². The van der Waals surface area contributed by atoms with Crippen LogP contribution in [0, 0.1) is 0 Å². The predicted octanol–water partition coefficient (Wildman–Crippen LogP) is 3.23. The smallest absolute Gasteiger partial charge is 0.133 e. The minimum atomic E-state index is 0.905. The molecule has 2 nitrogen and oxygen atoms in total. The summed E-state index contributed by atoms with van der Waals surface area (Å²) in [7, 11) is 0. The zero-order valence-corrected chi connectivity index (χ0v) is 9.25. The van der Waals surface area contributed by atoms with E-state index in [9.17, 15) is 0 Å². The Labute approximate surface area is 90.3 Å². The molecule has 15 heavy (non-hydrogen) atoms. The van der Waals surface area contributed by atoms with E-state index in [1.807, 2.05) is 6.20 Å². The number of nitrogens with zero attached hydrogens (tertiary/aromatic N) is 1. The van der Waals surface area contributed by atoms with Gasteiger partial charge < -0.3 is 5.32 Å². The van der Waals surface area contributed by atoms with E-state index in [1.165, 1.54) is 16.3 Å². The summed E-state index contributed by atoms with van der Waals surface area (Å²) in [4.78, 5) is 4.36. The number of hydrogen-bond donors (Lipinski definition) is 1. The number of benzene rings is 1. The van der Waals surface area contributed by atoms with Crippen LogP contribution in [0.3, 0.4) is 0 Å². The molecule has 0 aliphatic carbocycles. The fourth-order valence-corrected chi connectivity index (χ4v) is 1.74. The molecule has 0 spiro atoms. The third-order valence-electron chi connectivity index (χ3n) is 2.58. The molecular formula is C13H16N2. The van der Waals surface area contributed by atoms with Crippen LogP contribution in [0.4, 0.5) is 5.82 Å². The van der Waals surface area contributed by atoms with Crippen LogP contribution in [0.15, 0.2) is 30.5 Å². The number of rotatable bonds is 3. The van der Waals surface area contributed by atoms with Crippen LogP contribution < -0.4 is 5.32 Å². The van der Waals surface area contributed by atoms with Crippen molar-refractivity contribution in [2.45, 2.75) is 20.3 Å². The highest BCUT2D eigenvalue weighted by Crippen LogP contribution is 2.22. The summed E-state index contributed by atoms with van der Waals surface area (Å²) in [6.07, 6.45) is 2.92. The Morgan fingerprint density at radius 3 is 2.80 bits per heavy atom. The zero-order chi connectivity index (χ0) is 10.7. The highest BCUT2D eigenvalue weighted by atomic mass is 15.0. The molecule has 1 N–H and O–H groups in total. The number of aromatic nitrogens is 1. The molecular weight excluding hydrogens is 184 g/mol. The van der Waals surface area contributed by atoms with Crippen LogP contribution in [-0.2, 0) is 6.42 Å². The summed E-state index contributed by atoms with van der Waals surface area (Å²) < 4.78 is 0. The lowest BCUT2D eigenvalue weighted by Crippen LogP contribution is -1.99. The van der Waals surface area contributed by atoms with Crippen molar-refractivity contribution in [2.24, 2.45) is 0 Å². The van der Waals surface area contributed by atoms with Crippen LogP contribution in [0.2, 0.25) is 0 Å². The van der Waals surface area contributed by atoms with Gasteiger partial charge in [0.25, 0.3) is 0 Å². The highest BCUT2D eigenvalue weighted by Gasteiger charge is 2.01. The monoisotopic (exact) mass is 200 g/mol. The molecule has 2 heteroatoms. The van der Waals surface area contributed by atoms with E-state index in [4.69, 9.17) is 0 Å². The van der Waals surface area contributed by atoms with Gasteiger partial charge in [0.05, 0.1) is 0 Å². The minimum Gasteiger partial charge on any atom is -0.370 e. The lowest BCUT2D eigenvalue weighted by molar-refractivity contribution is 1.14. The Hall–Kier alpha value is -1.57. The maximum Gasteiger partial charge on any atom is 0.133 e. The average Bonchev–Trinajstić information content (AvgIpc) is 2.29. The van der Waals surface area contributed by atoms with E-state index in [0.717, 1.165) is 18.8 Å². The Kier molecular flexibility index (Phi) is 2.86. The number of nitrogens with one attached hydrogen (secondary N) is 1. The third kappa shape index (κ3) is 1.94. The zero-order valence-electron chi connectivity index (χ0n) is 9.25. The predicted molar refractivity (Wildman–Crippen MR) is 65.3 cm³/mol. The first-order chi connectivity index (χ1) is 7.35. The molecule has 0 bridgehead atoms. The van der Waals surface area contributed by atoms with Crippen LogP contribution >= 0.6 is 0 Å². The molecule has 78 valence electrons. The SMILES string of the molecule is CCNc1nccc2ccc(CC)cc12. The van der Waals surface area contributed by atoms with Crippen molar-refractivity contribution in [1.82, 2.24) is 4.98 Å². The molecule has 0 aliphatic heterocycles. The molecule has 0 unspecified atom stereocenters. The summed E-state index contributed by atoms with van der Waals surface area (Å²) in [6, 6.07) is 8.62. The summed E-state index contributed by atoms with van der Waals surface area (Å²) >= 11 is 0. The van der Waals surface area contributed by atoms with Crippen molar-refractivity contribution in [1.29, 1.82) is 0 Å². The van der Waals surface area contributed by atoms with Crippen molar-refractivity contribution < 1.29 is 0 Å². The number of hydrogen-bond acceptors (Lipinski definition) is 2. The second-order valence-electron chi connectivity index (χ2n) is 3.60. The summed E-state index contributed by atoms with van der Waals surface area (Å²) in [6.45, 7) is 5.16. The van der Waals surface area contributed by atoms with Crippen molar-refractivity contribution in [3.63, 3.8) is 0 Å². The fourth-order valence-electron chi connectivity index (χ4n) is 1.74. The van der Waals surface area contributed by atoms with Crippen LogP contribution in [0.25, 0.3) is 10.8 Å². The molecule has 1 heterocycles. The van der Waals surface area contributed by atoms with Gasteiger partial charge in [-0.15, -0.1) is 0 Å². The fraction of sp³-hybridized carbons (Fsp3) is 0.308. The topological polar surface area (TPSA) is 24.9 Å². The maximum absolute atomic E-state index is 4.36. The van der Waals surface area contributed by atoms with E-state index < -0.39 is 0 Å². The highest BCUT2D eigenvalue weighted by molar-refractivity contribution is 5.92. The molecule has 0 fully saturated rings. The van der Waals surface area contributed by atoms with Gasteiger partial charge in [0.15, 0.2) is 0 Å². The minimum absolute atomic E-state index is 0.905. The number of pyridine rings is 1. The van der Waals surface area contributed by atoms with E-state index in [2.05, 4.69) is 48.4 Å². The number of fused-ring (bicyclic) bond motifs is 1.